The number of rotatable bonds is 5. The van der Waals surface area contributed by atoms with Gasteiger partial charge < -0.3 is 0 Å². The Labute approximate surface area is 155 Å². The molecule has 9 heteroatoms. The maximum atomic E-state index is 12.6. The molecule has 25 heavy (non-hydrogen) atoms. The molecule has 0 fully saturated rings. The van der Waals surface area contributed by atoms with Crippen LogP contribution in [0.15, 0.2) is 50.7 Å². The first-order chi connectivity index (χ1) is 11.4. The Hall–Kier alpha value is -1.55. The molecule has 0 atom stereocenters. The molecule has 2 N–H and O–H groups in total. The summed E-state index contributed by atoms with van der Waals surface area (Å²) < 4.78 is 49.3. The summed E-state index contributed by atoms with van der Waals surface area (Å²) in [6.45, 7) is 3.41. The van der Waals surface area contributed by atoms with E-state index in [4.69, 9.17) is 5.14 Å². The number of carbonyl (C=O) groups excluding carboxylic acids is 1. The molecule has 2 aromatic rings. The third kappa shape index (κ3) is 4.35. The van der Waals surface area contributed by atoms with Crippen LogP contribution in [0.1, 0.15) is 21.5 Å². The molecule has 0 unspecified atom stereocenters. The Morgan fingerprint density at radius 3 is 1.96 bits per heavy atom. The fraction of sp³-hybridized carbons (Fsp3) is 0.188. The topological polar surface area (TPSA) is 111 Å². The maximum Gasteiger partial charge on any atom is 0.239 e. The molecule has 0 aliphatic rings. The summed E-state index contributed by atoms with van der Waals surface area (Å²) >= 11 is 3.32. The summed E-state index contributed by atoms with van der Waals surface area (Å²) in [4.78, 5) is 11.6. The molecule has 6 nitrogen and oxygen atoms in total. The normalized spacial score (nSPS) is 12.2. The molecular weight excluding hydrogens is 430 g/mol. The maximum absolute atomic E-state index is 12.6. The largest absolute Gasteiger partial charge is 0.293 e. The molecule has 0 saturated carbocycles. The van der Waals surface area contributed by atoms with Gasteiger partial charge in [0, 0.05) is 10.0 Å². The Bertz CT molecular complexity index is 1040. The molecule has 0 aromatic heterocycles. The number of hydrogen-bond acceptors (Lipinski definition) is 5. The van der Waals surface area contributed by atoms with E-state index in [-0.39, 0.29) is 0 Å². The quantitative estimate of drug-likeness (QED) is 0.709. The molecule has 0 amide bonds. The molecule has 0 spiro atoms. The number of benzene rings is 2. The van der Waals surface area contributed by atoms with E-state index in [9.17, 15) is 21.6 Å². The predicted molar refractivity (Wildman–Crippen MR) is 97.8 cm³/mol. The summed E-state index contributed by atoms with van der Waals surface area (Å²) in [5.74, 6) is -1.45. The van der Waals surface area contributed by atoms with Crippen molar-refractivity contribution in [2.75, 3.05) is 5.75 Å². The number of hydrogen-bond donors (Lipinski definition) is 1. The minimum absolute atomic E-state index is 0.305. The van der Waals surface area contributed by atoms with Gasteiger partial charge in [0.05, 0.1) is 4.90 Å². The predicted octanol–water partition coefficient (Wildman–Crippen LogP) is 2.37. The van der Waals surface area contributed by atoms with E-state index in [0.29, 0.717) is 16.7 Å². The van der Waals surface area contributed by atoms with Crippen LogP contribution < -0.4 is 5.14 Å². The standard InChI is InChI=1S/C16H16BrNO5S2/c1-10-7-12(17)8-11(2)16(10)13(19)9-24(20,21)14-5-3-4-6-15(14)25(18,22)23/h3-8H,9H2,1-2H3,(H2,18,22,23). The fourth-order valence-corrected chi connectivity index (χ4v) is 5.95. The van der Waals surface area contributed by atoms with Crippen LogP contribution in [0.4, 0.5) is 0 Å². The number of sulfone groups is 1. The van der Waals surface area contributed by atoms with Crippen molar-refractivity contribution in [2.45, 2.75) is 23.6 Å². The number of sulfonamides is 1. The van der Waals surface area contributed by atoms with E-state index < -0.39 is 41.2 Å². The van der Waals surface area contributed by atoms with Gasteiger partial charge in [0.15, 0.2) is 15.6 Å². The van der Waals surface area contributed by atoms with E-state index >= 15 is 0 Å². The number of nitrogens with two attached hydrogens (primary N) is 1. The number of aryl methyl sites for hydroxylation is 2. The van der Waals surface area contributed by atoms with Crippen LogP contribution in [-0.4, -0.2) is 28.4 Å². The zero-order valence-corrected chi connectivity index (χ0v) is 16.7. The van der Waals surface area contributed by atoms with Crippen molar-refractivity contribution < 1.29 is 21.6 Å². The fourth-order valence-electron chi connectivity index (χ4n) is 2.62. The van der Waals surface area contributed by atoms with Crippen molar-refractivity contribution in [2.24, 2.45) is 5.14 Å². The zero-order valence-electron chi connectivity index (χ0n) is 13.5. The summed E-state index contributed by atoms with van der Waals surface area (Å²) in [7, 11) is -8.42. The second-order valence-corrected chi connectivity index (χ2v) is 9.99. The minimum atomic E-state index is -4.24. The molecule has 0 bridgehead atoms. The smallest absolute Gasteiger partial charge is 0.239 e. The van der Waals surface area contributed by atoms with E-state index in [2.05, 4.69) is 15.9 Å². The van der Waals surface area contributed by atoms with Gasteiger partial charge >= 0.3 is 0 Å². The summed E-state index contributed by atoms with van der Waals surface area (Å²) in [6, 6.07) is 8.40. The highest BCUT2D eigenvalue weighted by molar-refractivity contribution is 9.10. The van der Waals surface area contributed by atoms with Crippen LogP contribution in [0, 0.1) is 13.8 Å². The molecule has 0 saturated heterocycles. The van der Waals surface area contributed by atoms with Gasteiger partial charge in [0.2, 0.25) is 10.0 Å². The zero-order chi connectivity index (χ0) is 19.0. The number of primary sulfonamides is 1. The van der Waals surface area contributed by atoms with Gasteiger partial charge in [-0.2, -0.15) is 0 Å². The van der Waals surface area contributed by atoms with Crippen molar-refractivity contribution in [1.82, 2.24) is 0 Å². The number of Topliss-reactive ketones (excluding diaryl/α,β-unsaturated/α-hetero) is 1. The molecule has 2 rings (SSSR count). The highest BCUT2D eigenvalue weighted by Crippen LogP contribution is 2.25. The SMILES string of the molecule is Cc1cc(Br)cc(C)c1C(=O)CS(=O)(=O)c1ccccc1S(N)(=O)=O. The molecule has 0 radical (unpaired) electrons. The van der Waals surface area contributed by atoms with E-state index in [1.807, 2.05) is 0 Å². The van der Waals surface area contributed by atoms with Crippen LogP contribution >= 0.6 is 15.9 Å². The average Bonchev–Trinajstić information content (AvgIpc) is 2.44. The minimum Gasteiger partial charge on any atom is -0.293 e. The summed E-state index contributed by atoms with van der Waals surface area (Å²) in [5.41, 5.74) is 1.57. The lowest BCUT2D eigenvalue weighted by Gasteiger charge is -2.12. The van der Waals surface area contributed by atoms with Crippen molar-refractivity contribution in [3.63, 3.8) is 0 Å². The lowest BCUT2D eigenvalue weighted by atomic mass is 10.0. The Kier molecular flexibility index (Phi) is 5.53. The van der Waals surface area contributed by atoms with E-state index in [1.54, 1.807) is 26.0 Å². The summed E-state index contributed by atoms with van der Waals surface area (Å²) in [6.07, 6.45) is 0. The number of ketones is 1. The highest BCUT2D eigenvalue weighted by Gasteiger charge is 2.28. The van der Waals surface area contributed by atoms with Gasteiger partial charge in [-0.15, -0.1) is 0 Å². The molecule has 134 valence electrons. The number of carbonyl (C=O) groups is 1. The van der Waals surface area contributed by atoms with E-state index in [0.717, 1.165) is 16.6 Å². The second-order valence-electron chi connectivity index (χ2n) is 5.59. The van der Waals surface area contributed by atoms with Crippen LogP contribution in [-0.2, 0) is 19.9 Å². The van der Waals surface area contributed by atoms with Gasteiger partial charge in [-0.25, -0.2) is 22.0 Å². The third-order valence-corrected chi connectivity index (χ3v) is 6.81. The molecule has 0 heterocycles. The van der Waals surface area contributed by atoms with Crippen LogP contribution in [0.5, 0.6) is 0 Å². The molecule has 2 aromatic carbocycles. The monoisotopic (exact) mass is 445 g/mol. The second kappa shape index (κ2) is 6.99. The molecule has 0 aliphatic heterocycles. The third-order valence-electron chi connectivity index (χ3n) is 3.59. The summed E-state index contributed by atoms with van der Waals surface area (Å²) in [5, 5.41) is 5.08. The Balaban J connectivity index is 2.50. The first-order valence-corrected chi connectivity index (χ1v) is 11.1. The molecular formula is C16H16BrNO5S2. The van der Waals surface area contributed by atoms with Crippen molar-refractivity contribution in [3.8, 4) is 0 Å². The lowest BCUT2D eigenvalue weighted by molar-refractivity contribution is 0.101. The number of halogens is 1. The van der Waals surface area contributed by atoms with Crippen molar-refractivity contribution in [1.29, 1.82) is 0 Å². The first kappa shape index (κ1) is 19.8. The van der Waals surface area contributed by atoms with Gasteiger partial charge in [-0.1, -0.05) is 28.1 Å². The van der Waals surface area contributed by atoms with Crippen LogP contribution in [0.2, 0.25) is 0 Å². The van der Waals surface area contributed by atoms with E-state index in [1.165, 1.54) is 12.1 Å². The van der Waals surface area contributed by atoms with Crippen LogP contribution in [0.3, 0.4) is 0 Å². The Morgan fingerprint density at radius 1 is 1.00 bits per heavy atom. The van der Waals surface area contributed by atoms with Gasteiger partial charge in [0.1, 0.15) is 10.6 Å². The average molecular weight is 446 g/mol. The van der Waals surface area contributed by atoms with Crippen molar-refractivity contribution in [3.05, 3.63) is 57.6 Å². The Morgan fingerprint density at radius 2 is 1.48 bits per heavy atom. The molecule has 0 aliphatic carbocycles. The van der Waals surface area contributed by atoms with Gasteiger partial charge in [0.25, 0.3) is 0 Å². The highest BCUT2D eigenvalue weighted by atomic mass is 79.9. The first-order valence-electron chi connectivity index (χ1n) is 7.08. The lowest BCUT2D eigenvalue weighted by Crippen LogP contribution is -2.22. The van der Waals surface area contributed by atoms with Crippen LogP contribution in [0.25, 0.3) is 0 Å². The van der Waals surface area contributed by atoms with Crippen molar-refractivity contribution >= 4 is 41.6 Å². The van der Waals surface area contributed by atoms with Gasteiger partial charge in [-0.3, -0.25) is 4.79 Å². The van der Waals surface area contributed by atoms with Gasteiger partial charge in [-0.05, 0) is 49.2 Å².